The van der Waals surface area contributed by atoms with E-state index < -0.39 is 0 Å². The van der Waals surface area contributed by atoms with Gasteiger partial charge in [0.1, 0.15) is 0 Å². The van der Waals surface area contributed by atoms with Crippen molar-refractivity contribution in [3.8, 4) is 0 Å². The van der Waals surface area contributed by atoms with Crippen LogP contribution in [-0.2, 0) is 11.3 Å². The Kier molecular flexibility index (Phi) is 4.57. The van der Waals surface area contributed by atoms with Crippen LogP contribution in [0.5, 0.6) is 0 Å². The number of carbonyl (C=O) groups is 1. The van der Waals surface area contributed by atoms with Gasteiger partial charge in [-0.2, -0.15) is 0 Å². The summed E-state index contributed by atoms with van der Waals surface area (Å²) in [7, 11) is 2.17. The number of aromatic nitrogens is 1. The molecular formula is C15H23N3O2S. The molecule has 0 saturated carbocycles. The molecule has 2 aliphatic rings. The number of hydrogen-bond donors (Lipinski definition) is 1. The molecule has 1 N–H and O–H groups in total. The van der Waals surface area contributed by atoms with Crippen LogP contribution < -0.4 is 5.32 Å². The molecule has 116 valence electrons. The summed E-state index contributed by atoms with van der Waals surface area (Å²) >= 11 is 1.38. The fraction of sp³-hybridized carbons (Fsp3) is 0.733. The molecule has 2 aliphatic heterocycles. The van der Waals surface area contributed by atoms with E-state index >= 15 is 0 Å². The molecule has 0 spiro atoms. The van der Waals surface area contributed by atoms with E-state index in [9.17, 15) is 4.79 Å². The summed E-state index contributed by atoms with van der Waals surface area (Å²) in [6.07, 6.45) is 5.08. The van der Waals surface area contributed by atoms with Gasteiger partial charge in [-0.1, -0.05) is 0 Å². The minimum absolute atomic E-state index is 0.309. The highest BCUT2D eigenvalue weighted by Gasteiger charge is 2.35. The SMILES string of the molecule is CCOC(=O)c1nc(CN(C)C2CC3CCC(C2)N3)cs1. The Hall–Kier alpha value is -0.980. The fourth-order valence-electron chi connectivity index (χ4n) is 3.44. The molecule has 6 heteroatoms. The van der Waals surface area contributed by atoms with Crippen LogP contribution in [-0.4, -0.2) is 47.6 Å². The van der Waals surface area contributed by atoms with Crippen LogP contribution in [0.2, 0.25) is 0 Å². The highest BCUT2D eigenvalue weighted by atomic mass is 32.1. The Labute approximate surface area is 129 Å². The predicted molar refractivity (Wildman–Crippen MR) is 82.5 cm³/mol. The summed E-state index contributed by atoms with van der Waals surface area (Å²) in [5.74, 6) is -0.309. The number of fused-ring (bicyclic) bond motifs is 2. The average Bonchev–Trinajstić information content (AvgIpc) is 3.06. The van der Waals surface area contributed by atoms with Crippen LogP contribution in [0.25, 0.3) is 0 Å². The second-order valence-electron chi connectivity index (χ2n) is 6.04. The monoisotopic (exact) mass is 309 g/mol. The molecule has 0 amide bonds. The summed E-state index contributed by atoms with van der Waals surface area (Å²) in [6, 6.07) is 2.01. The number of piperidine rings is 1. The van der Waals surface area contributed by atoms with Crippen LogP contribution in [0.4, 0.5) is 0 Å². The number of carbonyl (C=O) groups excluding carboxylic acids is 1. The first-order valence-electron chi connectivity index (χ1n) is 7.73. The van der Waals surface area contributed by atoms with Gasteiger partial charge in [0.2, 0.25) is 5.01 Å². The Morgan fingerprint density at radius 2 is 2.19 bits per heavy atom. The lowest BCUT2D eigenvalue weighted by Gasteiger charge is -2.35. The first-order valence-corrected chi connectivity index (χ1v) is 8.61. The molecule has 0 aliphatic carbocycles. The highest BCUT2D eigenvalue weighted by molar-refractivity contribution is 7.11. The maximum absolute atomic E-state index is 11.6. The molecule has 0 radical (unpaired) electrons. The van der Waals surface area contributed by atoms with E-state index in [2.05, 4.69) is 22.2 Å². The Morgan fingerprint density at radius 1 is 1.48 bits per heavy atom. The summed E-state index contributed by atoms with van der Waals surface area (Å²) in [6.45, 7) is 3.01. The second-order valence-corrected chi connectivity index (χ2v) is 6.90. The lowest BCUT2D eigenvalue weighted by molar-refractivity contribution is 0.0525. The van der Waals surface area contributed by atoms with E-state index in [1.165, 1.54) is 37.0 Å². The normalized spacial score (nSPS) is 28.0. The van der Waals surface area contributed by atoms with Gasteiger partial charge in [0.15, 0.2) is 0 Å². The van der Waals surface area contributed by atoms with Crippen molar-refractivity contribution in [2.24, 2.45) is 0 Å². The van der Waals surface area contributed by atoms with Crippen LogP contribution in [0, 0.1) is 0 Å². The van der Waals surface area contributed by atoms with Crippen LogP contribution >= 0.6 is 11.3 Å². The third-order valence-corrected chi connectivity index (χ3v) is 5.36. The largest absolute Gasteiger partial charge is 0.461 e. The van der Waals surface area contributed by atoms with Gasteiger partial charge in [-0.05, 0) is 39.7 Å². The van der Waals surface area contributed by atoms with E-state index in [1.807, 2.05) is 12.3 Å². The zero-order chi connectivity index (χ0) is 14.8. The minimum atomic E-state index is -0.309. The first kappa shape index (κ1) is 14.9. The molecule has 2 fully saturated rings. The topological polar surface area (TPSA) is 54.5 Å². The number of esters is 1. The smallest absolute Gasteiger partial charge is 0.367 e. The molecule has 2 saturated heterocycles. The van der Waals surface area contributed by atoms with Gasteiger partial charge in [0.05, 0.1) is 12.3 Å². The zero-order valence-corrected chi connectivity index (χ0v) is 13.5. The molecule has 21 heavy (non-hydrogen) atoms. The second kappa shape index (κ2) is 6.42. The summed E-state index contributed by atoms with van der Waals surface area (Å²) < 4.78 is 4.99. The quantitative estimate of drug-likeness (QED) is 0.844. The molecule has 3 heterocycles. The van der Waals surface area contributed by atoms with E-state index in [0.717, 1.165) is 12.2 Å². The minimum Gasteiger partial charge on any atom is -0.461 e. The fourth-order valence-corrected chi connectivity index (χ4v) is 4.14. The predicted octanol–water partition coefficient (Wildman–Crippen LogP) is 2.03. The van der Waals surface area contributed by atoms with E-state index in [4.69, 9.17) is 4.74 Å². The van der Waals surface area contributed by atoms with Crippen LogP contribution in [0.15, 0.2) is 5.38 Å². The lowest BCUT2D eigenvalue weighted by Crippen LogP contribution is -2.46. The number of nitrogens with zero attached hydrogens (tertiary/aromatic N) is 2. The molecule has 2 atom stereocenters. The third kappa shape index (κ3) is 3.44. The maximum Gasteiger partial charge on any atom is 0.367 e. The molecule has 1 aromatic rings. The van der Waals surface area contributed by atoms with Crippen molar-refractivity contribution in [3.63, 3.8) is 0 Å². The van der Waals surface area contributed by atoms with Crippen LogP contribution in [0.3, 0.4) is 0 Å². The van der Waals surface area contributed by atoms with Gasteiger partial charge in [-0.15, -0.1) is 11.3 Å². The molecule has 3 rings (SSSR count). The van der Waals surface area contributed by atoms with Gasteiger partial charge in [-0.3, -0.25) is 4.90 Å². The van der Waals surface area contributed by atoms with Crippen molar-refractivity contribution in [2.45, 2.75) is 57.3 Å². The summed E-state index contributed by atoms with van der Waals surface area (Å²) in [5.41, 5.74) is 0.969. The molecular weight excluding hydrogens is 286 g/mol. The lowest BCUT2D eigenvalue weighted by atomic mass is 9.98. The Bertz CT molecular complexity index is 493. The molecule has 2 unspecified atom stereocenters. The number of hydrogen-bond acceptors (Lipinski definition) is 6. The average molecular weight is 309 g/mol. The summed E-state index contributed by atoms with van der Waals surface area (Å²) in [4.78, 5) is 18.4. The number of rotatable bonds is 5. The summed E-state index contributed by atoms with van der Waals surface area (Å²) in [5, 5.41) is 6.10. The van der Waals surface area contributed by atoms with Crippen molar-refractivity contribution in [1.82, 2.24) is 15.2 Å². The van der Waals surface area contributed by atoms with Gasteiger partial charge >= 0.3 is 5.97 Å². The van der Waals surface area contributed by atoms with Gasteiger partial charge in [0, 0.05) is 30.1 Å². The zero-order valence-electron chi connectivity index (χ0n) is 12.7. The van der Waals surface area contributed by atoms with E-state index in [-0.39, 0.29) is 5.97 Å². The van der Waals surface area contributed by atoms with Crippen LogP contribution in [0.1, 0.15) is 48.1 Å². The number of nitrogens with one attached hydrogen (secondary N) is 1. The standard InChI is InChI=1S/C15H23N3O2S/c1-3-20-15(19)14-17-12(9-21-14)8-18(2)13-6-10-4-5-11(7-13)16-10/h9-11,13,16H,3-8H2,1-2H3. The van der Waals surface area contributed by atoms with Crippen molar-refractivity contribution in [1.29, 1.82) is 0 Å². The van der Waals surface area contributed by atoms with Gasteiger partial charge < -0.3 is 10.1 Å². The number of thiazole rings is 1. The molecule has 2 bridgehead atoms. The molecule has 0 aromatic carbocycles. The molecule has 5 nitrogen and oxygen atoms in total. The van der Waals surface area contributed by atoms with Gasteiger partial charge in [0.25, 0.3) is 0 Å². The Balaban J connectivity index is 1.57. The van der Waals surface area contributed by atoms with E-state index in [0.29, 0.717) is 29.7 Å². The Morgan fingerprint density at radius 3 is 2.86 bits per heavy atom. The first-order chi connectivity index (χ1) is 10.2. The van der Waals surface area contributed by atoms with Crippen molar-refractivity contribution in [2.75, 3.05) is 13.7 Å². The molecule has 1 aromatic heterocycles. The van der Waals surface area contributed by atoms with Crippen molar-refractivity contribution < 1.29 is 9.53 Å². The van der Waals surface area contributed by atoms with Gasteiger partial charge in [-0.25, -0.2) is 9.78 Å². The number of ether oxygens (including phenoxy) is 1. The van der Waals surface area contributed by atoms with E-state index in [1.54, 1.807) is 0 Å². The maximum atomic E-state index is 11.6. The van der Waals surface area contributed by atoms with Crippen molar-refractivity contribution in [3.05, 3.63) is 16.1 Å². The third-order valence-electron chi connectivity index (χ3n) is 4.48. The van der Waals surface area contributed by atoms with Crippen molar-refractivity contribution >= 4 is 17.3 Å². The highest BCUT2D eigenvalue weighted by Crippen LogP contribution is 2.29.